The number of carbonyl (C=O) groups is 1. The molecule has 2 aromatic rings. The zero-order chi connectivity index (χ0) is 20.2. The Balaban J connectivity index is 1.38. The molecule has 2 aliphatic rings. The molecule has 1 fully saturated rings. The van der Waals surface area contributed by atoms with Crippen molar-refractivity contribution in [1.29, 1.82) is 0 Å². The second kappa shape index (κ2) is 8.61. The molecule has 2 heterocycles. The molecule has 0 spiro atoms. The van der Waals surface area contributed by atoms with E-state index in [1.165, 1.54) is 5.56 Å². The number of ether oxygens (including phenoxy) is 4. The first-order valence-corrected chi connectivity index (χ1v) is 9.80. The van der Waals surface area contributed by atoms with Crippen LogP contribution in [0.3, 0.4) is 0 Å². The van der Waals surface area contributed by atoms with Crippen LogP contribution < -0.4 is 18.9 Å². The van der Waals surface area contributed by atoms with Gasteiger partial charge in [0.05, 0.1) is 14.2 Å². The summed E-state index contributed by atoms with van der Waals surface area (Å²) < 4.78 is 21.9. The predicted molar refractivity (Wildman–Crippen MR) is 108 cm³/mol. The number of rotatable bonds is 5. The number of methoxy groups -OCH3 is 2. The summed E-state index contributed by atoms with van der Waals surface area (Å²) in [6.07, 6.45) is 0. The molecule has 2 aliphatic heterocycles. The molecule has 0 aliphatic carbocycles. The van der Waals surface area contributed by atoms with E-state index in [9.17, 15) is 4.79 Å². The van der Waals surface area contributed by atoms with Crippen molar-refractivity contribution in [2.24, 2.45) is 0 Å². The number of carbonyl (C=O) groups excluding carboxylic acids is 1. The smallest absolute Gasteiger partial charge is 0.254 e. The second-order valence-corrected chi connectivity index (χ2v) is 7.12. The molecule has 0 bridgehead atoms. The first kappa shape index (κ1) is 19.4. The fourth-order valence-corrected chi connectivity index (χ4v) is 3.68. The predicted octanol–water partition coefficient (Wildman–Crippen LogP) is 2.43. The van der Waals surface area contributed by atoms with E-state index in [-0.39, 0.29) is 5.91 Å². The van der Waals surface area contributed by atoms with Gasteiger partial charge in [-0.3, -0.25) is 9.69 Å². The Hall–Kier alpha value is -2.93. The van der Waals surface area contributed by atoms with Crippen LogP contribution in [0.5, 0.6) is 23.0 Å². The summed E-state index contributed by atoms with van der Waals surface area (Å²) in [6.45, 7) is 4.85. The largest absolute Gasteiger partial charge is 0.497 e. The van der Waals surface area contributed by atoms with E-state index in [4.69, 9.17) is 18.9 Å². The van der Waals surface area contributed by atoms with Crippen LogP contribution >= 0.6 is 0 Å². The Labute approximate surface area is 170 Å². The summed E-state index contributed by atoms with van der Waals surface area (Å²) in [5.74, 6) is 2.52. The Bertz CT molecular complexity index is 843. The summed E-state index contributed by atoms with van der Waals surface area (Å²) in [5.41, 5.74) is 1.80. The Morgan fingerprint density at radius 2 is 1.69 bits per heavy atom. The number of benzene rings is 2. The van der Waals surface area contributed by atoms with Crippen LogP contribution in [0.25, 0.3) is 0 Å². The highest BCUT2D eigenvalue weighted by Gasteiger charge is 2.26. The van der Waals surface area contributed by atoms with Crippen molar-refractivity contribution in [3.8, 4) is 23.0 Å². The summed E-state index contributed by atoms with van der Waals surface area (Å²) >= 11 is 0. The summed E-state index contributed by atoms with van der Waals surface area (Å²) in [6, 6.07) is 11.6. The maximum atomic E-state index is 13.0. The quantitative estimate of drug-likeness (QED) is 0.771. The average molecular weight is 398 g/mol. The molecule has 0 aromatic heterocycles. The third-order valence-corrected chi connectivity index (χ3v) is 5.30. The molecule has 4 rings (SSSR count). The molecule has 0 N–H and O–H groups in total. The van der Waals surface area contributed by atoms with Crippen molar-refractivity contribution in [3.05, 3.63) is 47.5 Å². The number of amides is 1. The van der Waals surface area contributed by atoms with Gasteiger partial charge in [-0.1, -0.05) is 12.1 Å². The van der Waals surface area contributed by atoms with Gasteiger partial charge in [-0.05, 0) is 29.8 Å². The lowest BCUT2D eigenvalue weighted by Crippen LogP contribution is -2.48. The van der Waals surface area contributed by atoms with E-state index in [0.717, 1.165) is 25.4 Å². The van der Waals surface area contributed by atoms with Crippen LogP contribution in [-0.2, 0) is 6.54 Å². The van der Waals surface area contributed by atoms with Crippen molar-refractivity contribution in [2.45, 2.75) is 6.54 Å². The Morgan fingerprint density at radius 1 is 0.966 bits per heavy atom. The number of piperazine rings is 1. The van der Waals surface area contributed by atoms with Crippen molar-refractivity contribution >= 4 is 5.91 Å². The van der Waals surface area contributed by atoms with Gasteiger partial charge in [-0.15, -0.1) is 0 Å². The van der Waals surface area contributed by atoms with Crippen LogP contribution in [0.1, 0.15) is 15.9 Å². The Morgan fingerprint density at radius 3 is 2.38 bits per heavy atom. The molecule has 7 nitrogen and oxygen atoms in total. The highest BCUT2D eigenvalue weighted by atomic mass is 16.6. The third kappa shape index (κ3) is 4.24. The van der Waals surface area contributed by atoms with Gasteiger partial charge >= 0.3 is 0 Å². The molecule has 0 atom stereocenters. The van der Waals surface area contributed by atoms with Crippen LogP contribution in [0.2, 0.25) is 0 Å². The molecule has 0 saturated carbocycles. The summed E-state index contributed by atoms with van der Waals surface area (Å²) in [5, 5.41) is 0. The maximum absolute atomic E-state index is 13.0. The van der Waals surface area contributed by atoms with E-state index in [0.29, 0.717) is 49.1 Å². The number of nitrogens with zero attached hydrogens (tertiary/aromatic N) is 2. The lowest BCUT2D eigenvalue weighted by molar-refractivity contribution is 0.0627. The SMILES string of the molecule is COc1ccc(CN2CCN(C(=O)c3cc(OC)c4c(c3)OCCO4)CC2)cc1. The van der Waals surface area contributed by atoms with Crippen LogP contribution in [-0.4, -0.2) is 69.3 Å². The Kier molecular flexibility index (Phi) is 5.76. The lowest BCUT2D eigenvalue weighted by Gasteiger charge is -2.35. The summed E-state index contributed by atoms with van der Waals surface area (Å²) in [7, 11) is 3.24. The van der Waals surface area contributed by atoms with Gasteiger partial charge in [0, 0.05) is 38.3 Å². The fourth-order valence-electron chi connectivity index (χ4n) is 3.68. The standard InChI is InChI=1S/C22H26N2O5/c1-26-18-5-3-16(4-6-18)15-23-7-9-24(10-8-23)22(25)17-13-19(27-2)21-20(14-17)28-11-12-29-21/h3-6,13-14H,7-12,15H2,1-2H3. The van der Waals surface area contributed by atoms with Gasteiger partial charge in [-0.25, -0.2) is 0 Å². The van der Waals surface area contributed by atoms with E-state index in [1.807, 2.05) is 17.0 Å². The number of hydrogen-bond donors (Lipinski definition) is 0. The topological polar surface area (TPSA) is 60.5 Å². The maximum Gasteiger partial charge on any atom is 0.254 e. The molecule has 29 heavy (non-hydrogen) atoms. The monoisotopic (exact) mass is 398 g/mol. The van der Waals surface area contributed by atoms with Gasteiger partial charge < -0.3 is 23.8 Å². The van der Waals surface area contributed by atoms with Crippen molar-refractivity contribution in [1.82, 2.24) is 9.80 Å². The zero-order valence-corrected chi connectivity index (χ0v) is 16.8. The van der Waals surface area contributed by atoms with Crippen LogP contribution in [0.15, 0.2) is 36.4 Å². The van der Waals surface area contributed by atoms with Gasteiger partial charge in [0.25, 0.3) is 5.91 Å². The molecule has 1 amide bonds. The van der Waals surface area contributed by atoms with Gasteiger partial charge in [0.1, 0.15) is 19.0 Å². The first-order chi connectivity index (χ1) is 14.2. The number of fused-ring (bicyclic) bond motifs is 1. The highest BCUT2D eigenvalue weighted by molar-refractivity contribution is 5.95. The fraction of sp³-hybridized carbons (Fsp3) is 0.409. The average Bonchev–Trinajstić information content (AvgIpc) is 2.79. The molecule has 2 aromatic carbocycles. The molecule has 0 unspecified atom stereocenters. The minimum absolute atomic E-state index is 0.00984. The van der Waals surface area contributed by atoms with Gasteiger partial charge in [-0.2, -0.15) is 0 Å². The third-order valence-electron chi connectivity index (χ3n) is 5.30. The lowest BCUT2D eigenvalue weighted by atomic mass is 10.1. The second-order valence-electron chi connectivity index (χ2n) is 7.12. The van der Waals surface area contributed by atoms with Crippen molar-refractivity contribution < 1.29 is 23.7 Å². The van der Waals surface area contributed by atoms with E-state index >= 15 is 0 Å². The van der Waals surface area contributed by atoms with Gasteiger partial charge in [0.2, 0.25) is 5.75 Å². The molecule has 7 heteroatoms. The van der Waals surface area contributed by atoms with E-state index in [1.54, 1.807) is 26.4 Å². The summed E-state index contributed by atoms with van der Waals surface area (Å²) in [4.78, 5) is 17.3. The highest BCUT2D eigenvalue weighted by Crippen LogP contribution is 2.40. The van der Waals surface area contributed by atoms with Crippen LogP contribution in [0.4, 0.5) is 0 Å². The molecule has 1 saturated heterocycles. The number of hydrogen-bond acceptors (Lipinski definition) is 6. The van der Waals surface area contributed by atoms with E-state index < -0.39 is 0 Å². The first-order valence-electron chi connectivity index (χ1n) is 9.80. The van der Waals surface area contributed by atoms with E-state index in [2.05, 4.69) is 17.0 Å². The van der Waals surface area contributed by atoms with Crippen LogP contribution in [0, 0.1) is 0 Å². The molecular weight excluding hydrogens is 372 g/mol. The normalized spacial score (nSPS) is 16.4. The minimum Gasteiger partial charge on any atom is -0.497 e. The molecular formula is C22H26N2O5. The zero-order valence-electron chi connectivity index (χ0n) is 16.8. The molecule has 0 radical (unpaired) electrons. The molecule has 154 valence electrons. The van der Waals surface area contributed by atoms with Crippen molar-refractivity contribution in [2.75, 3.05) is 53.6 Å². The minimum atomic E-state index is -0.00984. The van der Waals surface area contributed by atoms with Crippen molar-refractivity contribution in [3.63, 3.8) is 0 Å². The van der Waals surface area contributed by atoms with Gasteiger partial charge in [0.15, 0.2) is 11.5 Å².